The second-order valence-corrected chi connectivity index (χ2v) is 8.32. The zero-order chi connectivity index (χ0) is 22.3. The van der Waals surface area contributed by atoms with Gasteiger partial charge in [0.1, 0.15) is 18.4 Å². The van der Waals surface area contributed by atoms with Crippen LogP contribution in [0.3, 0.4) is 0 Å². The van der Waals surface area contributed by atoms with Crippen LogP contribution in [0, 0.1) is 5.92 Å². The van der Waals surface area contributed by atoms with Gasteiger partial charge in [0, 0.05) is 18.2 Å². The molecule has 2 unspecified atom stereocenters. The number of hydroxylamine groups is 1. The van der Waals surface area contributed by atoms with Gasteiger partial charge in [0.05, 0.1) is 5.69 Å². The summed E-state index contributed by atoms with van der Waals surface area (Å²) < 4.78 is 5.80. The van der Waals surface area contributed by atoms with Gasteiger partial charge < -0.3 is 15.4 Å². The molecule has 8 heteroatoms. The average Bonchev–Trinajstić information content (AvgIpc) is 3.18. The monoisotopic (exact) mass is 423 g/mol. The molecule has 2 aromatic rings. The van der Waals surface area contributed by atoms with E-state index in [0.29, 0.717) is 23.0 Å². The maximum Gasteiger partial charge on any atom is 0.271 e. The highest BCUT2D eigenvalue weighted by Crippen LogP contribution is 2.49. The lowest BCUT2D eigenvalue weighted by atomic mass is 9.80. The number of carbonyl (C=O) groups excluding carboxylic acids is 3. The summed E-state index contributed by atoms with van der Waals surface area (Å²) in [6.07, 6.45) is 0.162. The van der Waals surface area contributed by atoms with Gasteiger partial charge in [-0.05, 0) is 24.0 Å². The summed E-state index contributed by atoms with van der Waals surface area (Å²) in [5.41, 5.74) is 5.58. The summed E-state index contributed by atoms with van der Waals surface area (Å²) >= 11 is 0. The van der Waals surface area contributed by atoms with Crippen molar-refractivity contribution in [3.8, 4) is 5.75 Å². The van der Waals surface area contributed by atoms with E-state index >= 15 is 0 Å². The van der Waals surface area contributed by atoms with Crippen molar-refractivity contribution >= 4 is 23.4 Å². The number of amides is 3. The second kappa shape index (κ2) is 7.70. The summed E-state index contributed by atoms with van der Waals surface area (Å²) in [6.45, 7) is 4.13. The Morgan fingerprint density at radius 3 is 2.52 bits per heavy atom. The Morgan fingerprint density at radius 2 is 1.87 bits per heavy atom. The molecular weight excluding hydrogens is 398 g/mol. The Labute approximate surface area is 180 Å². The molecule has 1 saturated heterocycles. The lowest BCUT2D eigenvalue weighted by Gasteiger charge is -2.30. The summed E-state index contributed by atoms with van der Waals surface area (Å²) in [7, 11) is 0. The molecule has 0 bridgehead atoms. The van der Waals surface area contributed by atoms with E-state index in [9.17, 15) is 19.6 Å². The molecule has 1 spiro atoms. The molecule has 2 heterocycles. The number of likely N-dealkylation sites (tertiary alicyclic amines) is 1. The molecule has 2 aromatic carbocycles. The first kappa shape index (κ1) is 20.9. The van der Waals surface area contributed by atoms with E-state index in [-0.39, 0.29) is 24.6 Å². The number of primary amides is 1. The van der Waals surface area contributed by atoms with Crippen LogP contribution < -0.4 is 15.5 Å². The fourth-order valence-electron chi connectivity index (χ4n) is 4.58. The molecule has 3 N–H and O–H groups in total. The topological polar surface area (TPSA) is 113 Å². The fraction of sp³-hybridized carbons (Fsp3) is 0.348. The maximum atomic E-state index is 13.4. The Balaban J connectivity index is 1.64. The first-order valence-electron chi connectivity index (χ1n) is 10.2. The third kappa shape index (κ3) is 3.23. The summed E-state index contributed by atoms with van der Waals surface area (Å²) in [5.74, 6) is -1.58. The molecule has 0 radical (unpaired) electrons. The van der Waals surface area contributed by atoms with Crippen molar-refractivity contribution in [2.75, 3.05) is 11.6 Å². The molecule has 8 nitrogen and oxygen atoms in total. The van der Waals surface area contributed by atoms with Gasteiger partial charge in [-0.3, -0.25) is 19.6 Å². The number of hydrogen-bond donors (Lipinski definition) is 2. The predicted octanol–water partition coefficient (Wildman–Crippen LogP) is 1.98. The number of rotatable bonds is 6. The van der Waals surface area contributed by atoms with Crippen LogP contribution in [0.15, 0.2) is 48.5 Å². The van der Waals surface area contributed by atoms with E-state index in [1.54, 1.807) is 32.0 Å². The Morgan fingerprint density at radius 1 is 1.16 bits per heavy atom. The molecule has 0 saturated carbocycles. The first-order valence-corrected chi connectivity index (χ1v) is 10.2. The molecule has 1 fully saturated rings. The molecule has 162 valence electrons. The minimum Gasteiger partial charge on any atom is -0.489 e. The van der Waals surface area contributed by atoms with Crippen LogP contribution in [0.2, 0.25) is 0 Å². The van der Waals surface area contributed by atoms with Crippen molar-refractivity contribution in [1.29, 1.82) is 0 Å². The molecule has 0 aliphatic carbocycles. The van der Waals surface area contributed by atoms with E-state index in [0.717, 1.165) is 5.56 Å². The van der Waals surface area contributed by atoms with Gasteiger partial charge in [-0.2, -0.15) is 5.06 Å². The zero-order valence-corrected chi connectivity index (χ0v) is 17.4. The van der Waals surface area contributed by atoms with Gasteiger partial charge in [-0.15, -0.1) is 0 Å². The maximum absolute atomic E-state index is 13.4. The lowest BCUT2D eigenvalue weighted by molar-refractivity contribution is -0.145. The number of fused-ring (bicyclic) bond motifs is 2. The smallest absolute Gasteiger partial charge is 0.271 e. The van der Waals surface area contributed by atoms with Gasteiger partial charge in [-0.1, -0.05) is 50.2 Å². The first-order chi connectivity index (χ1) is 14.8. The highest BCUT2D eigenvalue weighted by atomic mass is 16.5. The van der Waals surface area contributed by atoms with Gasteiger partial charge >= 0.3 is 0 Å². The van der Waals surface area contributed by atoms with Crippen molar-refractivity contribution < 1.29 is 24.3 Å². The van der Waals surface area contributed by atoms with Gasteiger partial charge in [0.15, 0.2) is 5.41 Å². The lowest BCUT2D eigenvalue weighted by Crippen LogP contribution is -2.53. The number of ether oxygens (including phenoxy) is 1. The number of benzene rings is 2. The van der Waals surface area contributed by atoms with Crippen LogP contribution in [-0.2, 0) is 26.4 Å². The highest BCUT2D eigenvalue weighted by Gasteiger charge is 2.62. The minimum atomic E-state index is -1.55. The van der Waals surface area contributed by atoms with Crippen molar-refractivity contribution in [3.05, 3.63) is 59.7 Å². The third-order valence-electron chi connectivity index (χ3n) is 6.08. The number of hydrogen-bond acceptors (Lipinski definition) is 5. The zero-order valence-electron chi connectivity index (χ0n) is 17.4. The second-order valence-electron chi connectivity index (χ2n) is 8.32. The van der Waals surface area contributed by atoms with Crippen LogP contribution in [0.25, 0.3) is 0 Å². The molecule has 0 aromatic heterocycles. The van der Waals surface area contributed by atoms with Crippen molar-refractivity contribution in [2.24, 2.45) is 11.7 Å². The largest absolute Gasteiger partial charge is 0.489 e. The normalized spacial score (nSPS) is 21.2. The van der Waals surface area contributed by atoms with Crippen molar-refractivity contribution in [1.82, 2.24) is 4.90 Å². The molecule has 3 amide bonds. The van der Waals surface area contributed by atoms with Gasteiger partial charge in [0.2, 0.25) is 11.8 Å². The molecule has 2 atom stereocenters. The quantitative estimate of drug-likeness (QED) is 0.545. The Kier molecular flexibility index (Phi) is 5.18. The fourth-order valence-corrected chi connectivity index (χ4v) is 4.58. The van der Waals surface area contributed by atoms with E-state index in [2.05, 4.69) is 0 Å². The summed E-state index contributed by atoms with van der Waals surface area (Å²) in [5, 5.41) is 11.0. The van der Waals surface area contributed by atoms with Gasteiger partial charge in [-0.25, -0.2) is 0 Å². The van der Waals surface area contributed by atoms with Crippen LogP contribution in [0.1, 0.15) is 31.4 Å². The number of nitrogens with two attached hydrogens (primary N) is 1. The van der Waals surface area contributed by atoms with E-state index in [4.69, 9.17) is 10.5 Å². The number of carbonyl (C=O) groups is 3. The molecule has 31 heavy (non-hydrogen) atoms. The van der Waals surface area contributed by atoms with Gasteiger partial charge in [0.25, 0.3) is 5.91 Å². The van der Waals surface area contributed by atoms with Crippen molar-refractivity contribution in [3.63, 3.8) is 0 Å². The summed E-state index contributed by atoms with van der Waals surface area (Å²) in [4.78, 5) is 39.8. The number of anilines is 1. The van der Waals surface area contributed by atoms with Crippen LogP contribution in [-0.4, -0.2) is 40.4 Å². The summed E-state index contributed by atoms with van der Waals surface area (Å²) in [6, 6.07) is 13.6. The Bertz CT molecular complexity index is 1040. The predicted molar refractivity (Wildman–Crippen MR) is 112 cm³/mol. The van der Waals surface area contributed by atoms with Crippen LogP contribution in [0.4, 0.5) is 5.69 Å². The van der Waals surface area contributed by atoms with Crippen LogP contribution >= 0.6 is 0 Å². The van der Waals surface area contributed by atoms with Crippen LogP contribution in [0.5, 0.6) is 5.75 Å². The third-order valence-corrected chi connectivity index (χ3v) is 6.08. The van der Waals surface area contributed by atoms with E-state index < -0.39 is 29.2 Å². The minimum absolute atomic E-state index is 0.162. The molecular formula is C23H25N3O5. The van der Waals surface area contributed by atoms with E-state index in [1.807, 2.05) is 30.3 Å². The van der Waals surface area contributed by atoms with E-state index in [1.165, 1.54) is 4.90 Å². The molecule has 2 aliphatic rings. The Hall–Kier alpha value is -3.39. The standard InChI is InChI=1S/C23H25N3O5/c1-14(2)19(20(24)27)25-11-10-23(21(25)28)17-9-8-16(12-18(17)26(30)22(23)29)31-13-15-6-4-3-5-7-15/h3-9,12,14,19,30H,10-11,13H2,1-2H3,(H2,24,27). The van der Waals surface area contributed by atoms with Crippen molar-refractivity contribution in [2.45, 2.75) is 38.3 Å². The average molecular weight is 423 g/mol. The molecule has 2 aliphatic heterocycles. The highest BCUT2D eigenvalue weighted by molar-refractivity contribution is 6.22. The molecule has 4 rings (SSSR count). The SMILES string of the molecule is CC(C)C(C(N)=O)N1CCC2(C(=O)N(O)c3cc(OCc4ccccc4)ccc32)C1=O. The number of nitrogens with zero attached hydrogens (tertiary/aromatic N) is 2.